The quantitative estimate of drug-likeness (QED) is 0.897. The number of carbonyl (C=O) groups excluding carboxylic acids is 2. The number of para-hydroxylation sites is 2. The first-order chi connectivity index (χ1) is 12.2. The van der Waals surface area contributed by atoms with Crippen molar-refractivity contribution < 1.29 is 9.59 Å². The first-order valence-electron chi connectivity index (χ1n) is 8.35. The van der Waals surface area contributed by atoms with E-state index in [0.717, 1.165) is 5.69 Å². The molecule has 6 nitrogen and oxygen atoms in total. The van der Waals surface area contributed by atoms with Gasteiger partial charge in [-0.2, -0.15) is 0 Å². The first-order valence-corrected chi connectivity index (χ1v) is 8.35. The van der Waals surface area contributed by atoms with Crippen LogP contribution >= 0.6 is 0 Å². The molecule has 0 unspecified atom stereocenters. The van der Waals surface area contributed by atoms with Gasteiger partial charge in [-0.25, -0.2) is 4.79 Å². The number of carbonyl (C=O) groups is 2. The van der Waals surface area contributed by atoms with Crippen molar-refractivity contribution in [3.05, 3.63) is 60.2 Å². The molecule has 2 aromatic rings. The standard InChI is InChI=1S/C19H22N4O2/c1-22(15-7-3-2-4-8-15)13-11-21-19(25)23-14-12-20-18(24)16-9-5-6-10-17(16)23/h2-10H,11-14H2,1H3,(H,20,24)(H,21,25). The number of nitrogens with zero attached hydrogens (tertiary/aromatic N) is 2. The number of anilines is 2. The van der Waals surface area contributed by atoms with Crippen LogP contribution in [0, 0.1) is 0 Å². The van der Waals surface area contributed by atoms with Crippen LogP contribution in [0.4, 0.5) is 16.2 Å². The lowest BCUT2D eigenvalue weighted by Gasteiger charge is -2.24. The average molecular weight is 338 g/mol. The predicted octanol–water partition coefficient (Wildman–Crippen LogP) is 2.08. The van der Waals surface area contributed by atoms with E-state index in [-0.39, 0.29) is 11.9 Å². The van der Waals surface area contributed by atoms with Crippen LogP contribution in [0.3, 0.4) is 0 Å². The number of amides is 3. The maximum Gasteiger partial charge on any atom is 0.322 e. The van der Waals surface area contributed by atoms with Crippen molar-refractivity contribution in [1.29, 1.82) is 0 Å². The summed E-state index contributed by atoms with van der Waals surface area (Å²) < 4.78 is 0. The van der Waals surface area contributed by atoms with Crippen LogP contribution in [-0.4, -0.2) is 45.2 Å². The molecule has 1 aliphatic heterocycles. The van der Waals surface area contributed by atoms with Crippen molar-refractivity contribution in [1.82, 2.24) is 10.6 Å². The van der Waals surface area contributed by atoms with Crippen molar-refractivity contribution in [2.24, 2.45) is 0 Å². The normalized spacial score (nSPS) is 13.5. The lowest BCUT2D eigenvalue weighted by molar-refractivity contribution is 0.0958. The fourth-order valence-corrected chi connectivity index (χ4v) is 2.85. The summed E-state index contributed by atoms with van der Waals surface area (Å²) in [6.45, 7) is 2.10. The number of hydrogen-bond donors (Lipinski definition) is 2. The highest BCUT2D eigenvalue weighted by Crippen LogP contribution is 2.22. The Morgan fingerprint density at radius 2 is 1.88 bits per heavy atom. The monoisotopic (exact) mass is 338 g/mol. The van der Waals surface area contributed by atoms with Crippen LogP contribution in [0.25, 0.3) is 0 Å². The van der Waals surface area contributed by atoms with E-state index in [9.17, 15) is 9.59 Å². The Morgan fingerprint density at radius 1 is 1.16 bits per heavy atom. The van der Waals surface area contributed by atoms with Crippen molar-refractivity contribution in [3.8, 4) is 0 Å². The summed E-state index contributed by atoms with van der Waals surface area (Å²) in [5.41, 5.74) is 2.27. The third-order valence-corrected chi connectivity index (χ3v) is 4.23. The Balaban J connectivity index is 1.61. The highest BCUT2D eigenvalue weighted by Gasteiger charge is 2.24. The highest BCUT2D eigenvalue weighted by molar-refractivity contribution is 6.05. The third kappa shape index (κ3) is 3.91. The lowest BCUT2D eigenvalue weighted by atomic mass is 10.1. The molecule has 1 aliphatic rings. The van der Waals surface area contributed by atoms with E-state index in [1.807, 2.05) is 43.4 Å². The minimum Gasteiger partial charge on any atom is -0.373 e. The Hall–Kier alpha value is -3.02. The molecule has 0 radical (unpaired) electrons. The summed E-state index contributed by atoms with van der Waals surface area (Å²) in [5, 5.41) is 5.76. The first kappa shape index (κ1) is 16.8. The van der Waals surface area contributed by atoms with Gasteiger partial charge in [0.2, 0.25) is 0 Å². The van der Waals surface area contributed by atoms with Crippen molar-refractivity contribution in [2.75, 3.05) is 43.0 Å². The molecule has 25 heavy (non-hydrogen) atoms. The van der Waals surface area contributed by atoms with E-state index >= 15 is 0 Å². The number of benzene rings is 2. The molecule has 130 valence electrons. The Morgan fingerprint density at radius 3 is 2.68 bits per heavy atom. The van der Waals surface area contributed by atoms with Gasteiger partial charge in [-0.3, -0.25) is 9.69 Å². The molecule has 0 spiro atoms. The van der Waals surface area contributed by atoms with E-state index < -0.39 is 0 Å². The van der Waals surface area contributed by atoms with Gasteiger partial charge in [0.1, 0.15) is 0 Å². The van der Waals surface area contributed by atoms with Gasteiger partial charge < -0.3 is 15.5 Å². The number of rotatable bonds is 4. The third-order valence-electron chi connectivity index (χ3n) is 4.23. The zero-order valence-electron chi connectivity index (χ0n) is 14.2. The van der Waals surface area contributed by atoms with Crippen LogP contribution in [-0.2, 0) is 0 Å². The molecule has 0 fully saturated rings. The van der Waals surface area contributed by atoms with E-state index in [4.69, 9.17) is 0 Å². The van der Waals surface area contributed by atoms with Crippen LogP contribution in [0.15, 0.2) is 54.6 Å². The lowest BCUT2D eigenvalue weighted by Crippen LogP contribution is -2.44. The van der Waals surface area contributed by atoms with E-state index in [1.54, 1.807) is 23.1 Å². The van der Waals surface area contributed by atoms with Gasteiger partial charge in [-0.05, 0) is 24.3 Å². The zero-order chi connectivity index (χ0) is 17.6. The maximum absolute atomic E-state index is 12.6. The van der Waals surface area contributed by atoms with Crippen molar-refractivity contribution in [3.63, 3.8) is 0 Å². The molecule has 6 heteroatoms. The maximum atomic E-state index is 12.6. The highest BCUT2D eigenvalue weighted by atomic mass is 16.2. The molecule has 3 rings (SSSR count). The fraction of sp³-hybridized carbons (Fsp3) is 0.263. The molecule has 0 saturated carbocycles. The number of nitrogens with one attached hydrogen (secondary N) is 2. The molecular weight excluding hydrogens is 316 g/mol. The molecule has 2 aromatic carbocycles. The largest absolute Gasteiger partial charge is 0.373 e. The minimum atomic E-state index is -0.189. The second-order valence-electron chi connectivity index (χ2n) is 5.91. The topological polar surface area (TPSA) is 64.7 Å². The summed E-state index contributed by atoms with van der Waals surface area (Å²) in [7, 11) is 1.99. The van der Waals surface area contributed by atoms with Crippen LogP contribution < -0.4 is 20.4 Å². The van der Waals surface area contributed by atoms with Gasteiger partial charge in [0, 0.05) is 38.9 Å². The summed E-state index contributed by atoms with van der Waals surface area (Å²) in [4.78, 5) is 28.4. The molecule has 0 bridgehead atoms. The summed E-state index contributed by atoms with van der Waals surface area (Å²) >= 11 is 0. The fourth-order valence-electron chi connectivity index (χ4n) is 2.85. The second kappa shape index (κ2) is 7.70. The van der Waals surface area contributed by atoms with Crippen LogP contribution in [0.2, 0.25) is 0 Å². The molecule has 0 saturated heterocycles. The van der Waals surface area contributed by atoms with Gasteiger partial charge in [0.15, 0.2) is 0 Å². The SMILES string of the molecule is CN(CCNC(=O)N1CCNC(=O)c2ccccc21)c1ccccc1. The summed E-state index contributed by atoms with van der Waals surface area (Å²) in [5.74, 6) is -0.144. The molecule has 0 aromatic heterocycles. The summed E-state index contributed by atoms with van der Waals surface area (Å²) in [6, 6.07) is 17.0. The number of urea groups is 1. The number of likely N-dealkylation sites (N-methyl/N-ethyl adjacent to an activating group) is 1. The molecule has 2 N–H and O–H groups in total. The Bertz CT molecular complexity index is 748. The molecule has 0 aliphatic carbocycles. The smallest absolute Gasteiger partial charge is 0.322 e. The number of fused-ring (bicyclic) bond motifs is 1. The van der Waals surface area contributed by atoms with E-state index in [1.165, 1.54) is 0 Å². The Labute approximate surface area is 147 Å². The van der Waals surface area contributed by atoms with E-state index in [0.29, 0.717) is 37.4 Å². The average Bonchev–Trinajstić information content (AvgIpc) is 2.81. The second-order valence-corrected chi connectivity index (χ2v) is 5.91. The van der Waals surface area contributed by atoms with Crippen molar-refractivity contribution in [2.45, 2.75) is 0 Å². The van der Waals surface area contributed by atoms with Crippen LogP contribution in [0.1, 0.15) is 10.4 Å². The molecule has 1 heterocycles. The molecule has 3 amide bonds. The van der Waals surface area contributed by atoms with Gasteiger partial charge in [-0.1, -0.05) is 30.3 Å². The van der Waals surface area contributed by atoms with E-state index in [2.05, 4.69) is 15.5 Å². The molecular formula is C19H22N4O2. The Kier molecular flexibility index (Phi) is 5.18. The van der Waals surface area contributed by atoms with Gasteiger partial charge >= 0.3 is 6.03 Å². The van der Waals surface area contributed by atoms with Crippen LogP contribution in [0.5, 0.6) is 0 Å². The summed E-state index contributed by atoms with van der Waals surface area (Å²) in [6.07, 6.45) is 0. The number of hydrogen-bond acceptors (Lipinski definition) is 3. The molecule has 0 atom stereocenters. The minimum absolute atomic E-state index is 0.144. The zero-order valence-corrected chi connectivity index (χ0v) is 14.2. The van der Waals surface area contributed by atoms with Crippen molar-refractivity contribution >= 4 is 23.3 Å². The predicted molar refractivity (Wildman–Crippen MR) is 99.2 cm³/mol. The van der Waals surface area contributed by atoms with Gasteiger partial charge in [-0.15, -0.1) is 0 Å². The van der Waals surface area contributed by atoms with Gasteiger partial charge in [0.25, 0.3) is 5.91 Å². The van der Waals surface area contributed by atoms with Gasteiger partial charge in [0.05, 0.1) is 11.3 Å².